The molecule has 21 heavy (non-hydrogen) atoms. The van der Waals surface area contributed by atoms with Gasteiger partial charge in [-0.05, 0) is 58.7 Å². The first kappa shape index (κ1) is 16.5. The third-order valence-electron chi connectivity index (χ3n) is 4.12. The van der Waals surface area contributed by atoms with Crippen molar-refractivity contribution in [3.8, 4) is 0 Å². The molecule has 4 heteroatoms. The van der Waals surface area contributed by atoms with E-state index in [1.165, 1.54) is 18.4 Å². The van der Waals surface area contributed by atoms with Gasteiger partial charge in [0.15, 0.2) is 0 Å². The third-order valence-corrected chi connectivity index (χ3v) is 4.12. The number of nitrogens with zero attached hydrogens (tertiary/aromatic N) is 1. The summed E-state index contributed by atoms with van der Waals surface area (Å²) in [5.41, 5.74) is 1.41. The van der Waals surface area contributed by atoms with Crippen LogP contribution in [-0.4, -0.2) is 37.2 Å². The SMILES string of the molecule is COCC1CCN(Cc2occc2CNC(C)(C)C)CC1. The van der Waals surface area contributed by atoms with E-state index in [0.717, 1.165) is 44.5 Å². The standard InChI is InChI=1S/C17H30N2O2/c1-17(2,3)18-11-15-7-10-21-16(15)12-19-8-5-14(6-9-19)13-20-4/h7,10,14,18H,5-6,8-9,11-13H2,1-4H3. The molecule has 0 bridgehead atoms. The van der Waals surface area contributed by atoms with Gasteiger partial charge in [0.1, 0.15) is 5.76 Å². The van der Waals surface area contributed by atoms with E-state index in [2.05, 4.69) is 37.1 Å². The van der Waals surface area contributed by atoms with Crippen LogP contribution in [-0.2, 0) is 17.8 Å². The molecule has 2 heterocycles. The number of ether oxygens (including phenoxy) is 1. The number of rotatable bonds is 6. The average Bonchev–Trinajstić information content (AvgIpc) is 2.86. The van der Waals surface area contributed by atoms with Gasteiger partial charge in [0, 0.05) is 31.4 Å². The van der Waals surface area contributed by atoms with Gasteiger partial charge in [-0.25, -0.2) is 0 Å². The highest BCUT2D eigenvalue weighted by Crippen LogP contribution is 2.21. The maximum Gasteiger partial charge on any atom is 0.122 e. The minimum absolute atomic E-state index is 0.132. The summed E-state index contributed by atoms with van der Waals surface area (Å²) in [4.78, 5) is 2.49. The summed E-state index contributed by atoms with van der Waals surface area (Å²) in [6.45, 7) is 11.5. The Kier molecular flexibility index (Phi) is 5.85. The van der Waals surface area contributed by atoms with Crippen molar-refractivity contribution in [1.29, 1.82) is 0 Å². The number of piperidine rings is 1. The van der Waals surface area contributed by atoms with Crippen LogP contribution in [0.25, 0.3) is 0 Å². The number of likely N-dealkylation sites (tertiary alicyclic amines) is 1. The summed E-state index contributed by atoms with van der Waals surface area (Å²) in [6.07, 6.45) is 4.26. The van der Waals surface area contributed by atoms with Crippen molar-refractivity contribution < 1.29 is 9.15 Å². The molecule has 2 rings (SSSR count). The predicted molar refractivity (Wildman–Crippen MR) is 85.2 cm³/mol. The summed E-state index contributed by atoms with van der Waals surface area (Å²) in [5.74, 6) is 1.84. The Balaban J connectivity index is 1.83. The minimum atomic E-state index is 0.132. The molecule has 0 amide bonds. The smallest absolute Gasteiger partial charge is 0.122 e. The minimum Gasteiger partial charge on any atom is -0.468 e. The molecule has 0 aromatic carbocycles. The molecule has 0 spiro atoms. The number of methoxy groups -OCH3 is 1. The molecular weight excluding hydrogens is 264 g/mol. The van der Waals surface area contributed by atoms with Crippen LogP contribution in [0.3, 0.4) is 0 Å². The number of hydrogen-bond donors (Lipinski definition) is 1. The summed E-state index contributed by atoms with van der Waals surface area (Å²) < 4.78 is 11.0. The lowest BCUT2D eigenvalue weighted by Gasteiger charge is -2.31. The van der Waals surface area contributed by atoms with Gasteiger partial charge in [-0.15, -0.1) is 0 Å². The molecule has 1 fully saturated rings. The van der Waals surface area contributed by atoms with Gasteiger partial charge in [0.2, 0.25) is 0 Å². The molecule has 120 valence electrons. The lowest BCUT2D eigenvalue weighted by Crippen LogP contribution is -2.36. The summed E-state index contributed by atoms with van der Waals surface area (Å²) in [6, 6.07) is 2.09. The van der Waals surface area contributed by atoms with Gasteiger partial charge in [-0.2, -0.15) is 0 Å². The van der Waals surface area contributed by atoms with Crippen molar-refractivity contribution in [2.75, 3.05) is 26.8 Å². The molecule has 0 unspecified atom stereocenters. The zero-order valence-corrected chi connectivity index (χ0v) is 13.9. The topological polar surface area (TPSA) is 37.6 Å². The first-order valence-corrected chi connectivity index (χ1v) is 7.99. The van der Waals surface area contributed by atoms with Gasteiger partial charge in [0.05, 0.1) is 12.8 Å². The van der Waals surface area contributed by atoms with Crippen LogP contribution in [0.15, 0.2) is 16.7 Å². The van der Waals surface area contributed by atoms with Crippen LogP contribution in [0, 0.1) is 5.92 Å². The maximum atomic E-state index is 5.70. The Morgan fingerprint density at radius 3 is 2.67 bits per heavy atom. The molecule has 1 saturated heterocycles. The van der Waals surface area contributed by atoms with Crippen LogP contribution in [0.4, 0.5) is 0 Å². The highest BCUT2D eigenvalue weighted by molar-refractivity contribution is 5.17. The monoisotopic (exact) mass is 294 g/mol. The molecule has 1 aliphatic heterocycles. The van der Waals surface area contributed by atoms with Crippen molar-refractivity contribution in [2.24, 2.45) is 5.92 Å². The lowest BCUT2D eigenvalue weighted by molar-refractivity contribution is 0.0937. The van der Waals surface area contributed by atoms with Crippen molar-refractivity contribution in [2.45, 2.75) is 52.2 Å². The zero-order chi connectivity index (χ0) is 15.3. The van der Waals surface area contributed by atoms with Crippen LogP contribution < -0.4 is 5.32 Å². The third kappa shape index (κ3) is 5.46. The molecule has 4 nitrogen and oxygen atoms in total. The second-order valence-corrected chi connectivity index (χ2v) is 7.15. The van der Waals surface area contributed by atoms with E-state index in [4.69, 9.17) is 9.15 Å². The predicted octanol–water partition coefficient (Wildman–Crippen LogP) is 3.03. The Morgan fingerprint density at radius 2 is 2.05 bits per heavy atom. The number of furan rings is 1. The average molecular weight is 294 g/mol. The summed E-state index contributed by atoms with van der Waals surface area (Å²) in [5, 5.41) is 3.53. The van der Waals surface area contributed by atoms with E-state index in [9.17, 15) is 0 Å². The first-order chi connectivity index (χ1) is 9.98. The lowest BCUT2D eigenvalue weighted by atomic mass is 9.97. The molecule has 0 atom stereocenters. The maximum absolute atomic E-state index is 5.70. The van der Waals surface area contributed by atoms with Gasteiger partial charge in [0.25, 0.3) is 0 Å². The van der Waals surface area contributed by atoms with Crippen molar-refractivity contribution in [3.63, 3.8) is 0 Å². The highest BCUT2D eigenvalue weighted by atomic mass is 16.5. The summed E-state index contributed by atoms with van der Waals surface area (Å²) >= 11 is 0. The van der Waals surface area contributed by atoms with E-state index < -0.39 is 0 Å². The molecule has 0 radical (unpaired) electrons. The van der Waals surface area contributed by atoms with Gasteiger partial charge >= 0.3 is 0 Å². The second kappa shape index (κ2) is 7.43. The Hall–Kier alpha value is -0.840. The number of hydrogen-bond acceptors (Lipinski definition) is 4. The molecule has 1 aromatic heterocycles. The molecule has 1 N–H and O–H groups in total. The van der Waals surface area contributed by atoms with Gasteiger partial charge in [-0.3, -0.25) is 4.90 Å². The summed E-state index contributed by atoms with van der Waals surface area (Å²) in [7, 11) is 1.80. The zero-order valence-electron chi connectivity index (χ0n) is 13.9. The number of nitrogens with one attached hydrogen (secondary N) is 1. The van der Waals surface area contributed by atoms with Crippen LogP contribution >= 0.6 is 0 Å². The molecule has 0 aliphatic carbocycles. The van der Waals surface area contributed by atoms with Crippen LogP contribution in [0.1, 0.15) is 44.9 Å². The van der Waals surface area contributed by atoms with E-state index in [1.54, 1.807) is 7.11 Å². The van der Waals surface area contributed by atoms with Crippen molar-refractivity contribution in [1.82, 2.24) is 10.2 Å². The molecule has 1 aliphatic rings. The fraction of sp³-hybridized carbons (Fsp3) is 0.765. The van der Waals surface area contributed by atoms with E-state index in [1.807, 2.05) is 6.26 Å². The Bertz CT molecular complexity index is 415. The van der Waals surface area contributed by atoms with Crippen LogP contribution in [0.2, 0.25) is 0 Å². The van der Waals surface area contributed by atoms with Crippen molar-refractivity contribution >= 4 is 0 Å². The van der Waals surface area contributed by atoms with Crippen LogP contribution in [0.5, 0.6) is 0 Å². The first-order valence-electron chi connectivity index (χ1n) is 7.99. The van der Waals surface area contributed by atoms with Crippen molar-refractivity contribution in [3.05, 3.63) is 23.7 Å². The largest absolute Gasteiger partial charge is 0.468 e. The van der Waals surface area contributed by atoms with E-state index in [-0.39, 0.29) is 5.54 Å². The Labute approximate surface area is 128 Å². The van der Waals surface area contributed by atoms with E-state index in [0.29, 0.717) is 0 Å². The normalized spacial score (nSPS) is 18.3. The Morgan fingerprint density at radius 1 is 1.33 bits per heavy atom. The van der Waals surface area contributed by atoms with Gasteiger partial charge in [-0.1, -0.05) is 0 Å². The molecular formula is C17H30N2O2. The fourth-order valence-corrected chi connectivity index (χ4v) is 2.77. The van der Waals surface area contributed by atoms with Gasteiger partial charge < -0.3 is 14.5 Å². The van der Waals surface area contributed by atoms with E-state index >= 15 is 0 Å². The fourth-order valence-electron chi connectivity index (χ4n) is 2.77. The quantitative estimate of drug-likeness (QED) is 0.875. The molecule has 1 aromatic rings. The highest BCUT2D eigenvalue weighted by Gasteiger charge is 2.21. The second-order valence-electron chi connectivity index (χ2n) is 7.15. The molecule has 0 saturated carbocycles.